The summed E-state index contributed by atoms with van der Waals surface area (Å²) in [5.74, 6) is 0.992. The second kappa shape index (κ2) is 12.5. The lowest BCUT2D eigenvalue weighted by molar-refractivity contribution is -0.131. The number of aliphatic imine (C=N–C) groups is 1. The molecule has 0 atom stereocenters. The molecule has 2 aliphatic heterocycles. The van der Waals surface area contributed by atoms with Crippen molar-refractivity contribution >= 4 is 53.1 Å². The van der Waals surface area contributed by atoms with Crippen LogP contribution in [0.25, 0.3) is 0 Å². The van der Waals surface area contributed by atoms with Crippen LogP contribution < -0.4 is 5.32 Å². The van der Waals surface area contributed by atoms with Gasteiger partial charge in [0.05, 0.1) is 13.1 Å². The molecular formula is C20H33IN6O2S. The van der Waals surface area contributed by atoms with Crippen LogP contribution >= 0.6 is 35.3 Å². The molecule has 0 aromatic carbocycles. The molecule has 1 aromatic heterocycles. The van der Waals surface area contributed by atoms with Gasteiger partial charge in [-0.25, -0.2) is 4.99 Å². The van der Waals surface area contributed by atoms with E-state index in [1.54, 1.807) is 30.3 Å². The number of likely N-dealkylation sites (N-methyl/N-ethyl adjacent to an activating group) is 1. The minimum absolute atomic E-state index is 0. The van der Waals surface area contributed by atoms with E-state index in [4.69, 9.17) is 0 Å². The maximum atomic E-state index is 12.4. The molecule has 10 heteroatoms. The van der Waals surface area contributed by atoms with Gasteiger partial charge in [0.1, 0.15) is 6.54 Å². The van der Waals surface area contributed by atoms with E-state index in [-0.39, 0.29) is 42.3 Å². The van der Waals surface area contributed by atoms with Gasteiger partial charge < -0.3 is 20.0 Å². The number of rotatable bonds is 6. The Labute approximate surface area is 200 Å². The number of carbonyl (C=O) groups is 2. The molecule has 0 radical (unpaired) electrons. The van der Waals surface area contributed by atoms with Crippen molar-refractivity contribution in [1.29, 1.82) is 0 Å². The van der Waals surface area contributed by atoms with E-state index in [1.165, 1.54) is 4.88 Å². The lowest BCUT2D eigenvalue weighted by atomic mass is 10.3. The highest BCUT2D eigenvalue weighted by Crippen LogP contribution is 2.11. The van der Waals surface area contributed by atoms with Crippen molar-refractivity contribution in [3.63, 3.8) is 0 Å². The monoisotopic (exact) mass is 548 g/mol. The third kappa shape index (κ3) is 7.38. The summed E-state index contributed by atoms with van der Waals surface area (Å²) in [4.78, 5) is 38.1. The Hall–Kier alpha value is -1.40. The lowest BCUT2D eigenvalue weighted by Crippen LogP contribution is -2.54. The second-order valence-corrected chi connectivity index (χ2v) is 8.74. The van der Waals surface area contributed by atoms with E-state index in [9.17, 15) is 9.59 Å². The topological polar surface area (TPSA) is 71.5 Å². The molecule has 0 bridgehead atoms. The SMILES string of the molecule is CN(C)C(=O)CN=C(NCc1cccs1)N1CCN(CC(=O)N2CCCC2)CC1.I. The number of thiophene rings is 1. The van der Waals surface area contributed by atoms with Crippen LogP contribution in [0.15, 0.2) is 22.5 Å². The Bertz CT molecular complexity index is 698. The largest absolute Gasteiger partial charge is 0.351 e. The van der Waals surface area contributed by atoms with E-state index >= 15 is 0 Å². The van der Waals surface area contributed by atoms with Gasteiger partial charge in [0.2, 0.25) is 11.8 Å². The van der Waals surface area contributed by atoms with Crippen molar-refractivity contribution in [3.05, 3.63) is 22.4 Å². The van der Waals surface area contributed by atoms with Crippen molar-refractivity contribution in [3.8, 4) is 0 Å². The number of hydrogen-bond donors (Lipinski definition) is 1. The molecule has 2 aliphatic rings. The van der Waals surface area contributed by atoms with Crippen LogP contribution in [-0.2, 0) is 16.1 Å². The summed E-state index contributed by atoms with van der Waals surface area (Å²) in [5, 5.41) is 5.46. The van der Waals surface area contributed by atoms with E-state index in [0.717, 1.165) is 58.1 Å². The van der Waals surface area contributed by atoms with Crippen LogP contribution in [0, 0.1) is 0 Å². The molecule has 0 saturated carbocycles. The summed E-state index contributed by atoms with van der Waals surface area (Å²) in [6.45, 7) is 6.36. The standard InChI is InChI=1S/C20H32N6O2S.HI/c1-23(2)18(27)15-22-20(21-14-17-6-5-13-29-17)26-11-9-24(10-12-26)16-19(28)25-7-3-4-8-25;/h5-6,13H,3-4,7-12,14-16H2,1-2H3,(H,21,22);1H. The molecule has 0 aliphatic carbocycles. The minimum atomic E-state index is -0.0183. The smallest absolute Gasteiger partial charge is 0.243 e. The summed E-state index contributed by atoms with van der Waals surface area (Å²) in [6.07, 6.45) is 2.25. The first kappa shape index (κ1) is 24.9. The zero-order valence-corrected chi connectivity index (χ0v) is 21.0. The van der Waals surface area contributed by atoms with Crippen molar-refractivity contribution in [2.75, 3.05) is 66.5 Å². The molecule has 0 spiro atoms. The maximum Gasteiger partial charge on any atom is 0.243 e. The number of nitrogens with one attached hydrogen (secondary N) is 1. The van der Waals surface area contributed by atoms with E-state index in [2.05, 4.69) is 31.6 Å². The Balaban J connectivity index is 0.00000320. The van der Waals surface area contributed by atoms with E-state index in [1.807, 2.05) is 11.0 Å². The van der Waals surface area contributed by atoms with Crippen molar-refractivity contribution in [2.45, 2.75) is 19.4 Å². The molecule has 3 heterocycles. The summed E-state index contributed by atoms with van der Waals surface area (Å²) >= 11 is 1.70. The van der Waals surface area contributed by atoms with E-state index in [0.29, 0.717) is 13.1 Å². The van der Waals surface area contributed by atoms with Crippen LogP contribution in [0.3, 0.4) is 0 Å². The van der Waals surface area contributed by atoms with Gasteiger partial charge in [-0.1, -0.05) is 6.07 Å². The van der Waals surface area contributed by atoms with Gasteiger partial charge >= 0.3 is 0 Å². The van der Waals surface area contributed by atoms with Gasteiger partial charge in [-0.15, -0.1) is 35.3 Å². The molecule has 168 valence electrons. The maximum absolute atomic E-state index is 12.4. The molecule has 30 heavy (non-hydrogen) atoms. The molecule has 2 amide bonds. The van der Waals surface area contributed by atoms with Gasteiger partial charge in [0.25, 0.3) is 0 Å². The fraction of sp³-hybridized carbons (Fsp3) is 0.650. The van der Waals surface area contributed by atoms with Gasteiger partial charge in [0.15, 0.2) is 5.96 Å². The molecule has 0 unspecified atom stereocenters. The van der Waals surface area contributed by atoms with Crippen LogP contribution in [-0.4, -0.2) is 104 Å². The third-order valence-corrected chi connectivity index (χ3v) is 6.23. The van der Waals surface area contributed by atoms with Gasteiger partial charge in [-0.3, -0.25) is 14.5 Å². The van der Waals surface area contributed by atoms with Gasteiger partial charge in [0, 0.05) is 58.2 Å². The Morgan fingerprint density at radius 1 is 1.10 bits per heavy atom. The second-order valence-electron chi connectivity index (χ2n) is 7.71. The predicted octanol–water partition coefficient (Wildman–Crippen LogP) is 1.14. The number of nitrogens with zero attached hydrogens (tertiary/aromatic N) is 5. The van der Waals surface area contributed by atoms with Crippen LogP contribution in [0.5, 0.6) is 0 Å². The zero-order chi connectivity index (χ0) is 20.6. The number of hydrogen-bond acceptors (Lipinski definition) is 5. The first-order valence-electron chi connectivity index (χ1n) is 10.3. The van der Waals surface area contributed by atoms with Gasteiger partial charge in [-0.05, 0) is 24.3 Å². The van der Waals surface area contributed by atoms with Crippen LogP contribution in [0.1, 0.15) is 17.7 Å². The summed E-state index contributed by atoms with van der Waals surface area (Å²) in [7, 11) is 3.49. The van der Waals surface area contributed by atoms with Crippen molar-refractivity contribution < 1.29 is 9.59 Å². The molecule has 1 N–H and O–H groups in total. The Morgan fingerprint density at radius 2 is 1.80 bits per heavy atom. The van der Waals surface area contributed by atoms with Crippen LogP contribution in [0.4, 0.5) is 0 Å². The highest BCUT2D eigenvalue weighted by Gasteiger charge is 2.24. The minimum Gasteiger partial charge on any atom is -0.351 e. The lowest BCUT2D eigenvalue weighted by Gasteiger charge is -2.36. The van der Waals surface area contributed by atoms with Crippen LogP contribution in [0.2, 0.25) is 0 Å². The molecular weight excluding hydrogens is 515 g/mol. The first-order valence-corrected chi connectivity index (χ1v) is 11.2. The number of amides is 2. The molecule has 8 nitrogen and oxygen atoms in total. The van der Waals surface area contributed by atoms with Crippen molar-refractivity contribution in [2.24, 2.45) is 4.99 Å². The molecule has 2 saturated heterocycles. The molecule has 1 aromatic rings. The number of piperazine rings is 1. The number of likely N-dealkylation sites (tertiary alicyclic amines) is 1. The normalized spacial score (nSPS) is 17.6. The van der Waals surface area contributed by atoms with Crippen molar-refractivity contribution in [1.82, 2.24) is 24.9 Å². The summed E-state index contributed by atoms with van der Waals surface area (Å²) < 4.78 is 0. The highest BCUT2D eigenvalue weighted by atomic mass is 127. The summed E-state index contributed by atoms with van der Waals surface area (Å²) in [5.41, 5.74) is 0. The van der Waals surface area contributed by atoms with E-state index < -0.39 is 0 Å². The average molecular weight is 548 g/mol. The zero-order valence-electron chi connectivity index (χ0n) is 17.9. The number of guanidine groups is 1. The number of carbonyl (C=O) groups excluding carboxylic acids is 2. The Morgan fingerprint density at radius 3 is 2.40 bits per heavy atom. The summed E-state index contributed by atoms with van der Waals surface area (Å²) in [6, 6.07) is 4.12. The molecule has 3 rings (SSSR count). The Kier molecular flexibility index (Phi) is 10.3. The quantitative estimate of drug-likeness (QED) is 0.328. The highest BCUT2D eigenvalue weighted by molar-refractivity contribution is 14.0. The number of halogens is 1. The average Bonchev–Trinajstić information content (AvgIpc) is 3.42. The third-order valence-electron chi connectivity index (χ3n) is 5.35. The fourth-order valence-electron chi connectivity index (χ4n) is 3.51. The predicted molar refractivity (Wildman–Crippen MR) is 131 cm³/mol. The van der Waals surface area contributed by atoms with Gasteiger partial charge in [-0.2, -0.15) is 0 Å². The fourth-order valence-corrected chi connectivity index (χ4v) is 4.15. The molecule has 2 fully saturated rings. The first-order chi connectivity index (χ1) is 14.0.